The fourth-order valence-electron chi connectivity index (χ4n) is 3.25. The van der Waals surface area contributed by atoms with Crippen LogP contribution in [0.2, 0.25) is 5.02 Å². The first-order valence-corrected chi connectivity index (χ1v) is 12.2. The molecule has 1 heterocycles. The molecule has 0 unspecified atom stereocenters. The zero-order chi connectivity index (χ0) is 23.5. The highest BCUT2D eigenvalue weighted by Crippen LogP contribution is 2.22. The Kier molecular flexibility index (Phi) is 7.06. The zero-order valence-corrected chi connectivity index (χ0v) is 19.9. The van der Waals surface area contributed by atoms with Crippen LogP contribution in [0.25, 0.3) is 6.08 Å². The van der Waals surface area contributed by atoms with Crippen molar-refractivity contribution >= 4 is 45.0 Å². The number of anilines is 2. The van der Waals surface area contributed by atoms with Gasteiger partial charge in [-0.05, 0) is 56.2 Å². The van der Waals surface area contributed by atoms with Crippen LogP contribution in [0.15, 0.2) is 48.5 Å². The third-order valence-corrected chi connectivity index (χ3v) is 5.88. The summed E-state index contributed by atoms with van der Waals surface area (Å²) in [5, 5.41) is 8.01. The van der Waals surface area contributed by atoms with Gasteiger partial charge in [-0.3, -0.25) is 14.2 Å². The summed E-state index contributed by atoms with van der Waals surface area (Å²) in [6.07, 6.45) is 4.23. The first kappa shape index (κ1) is 23.6. The number of hydrogen-bond acceptors (Lipinski definition) is 4. The van der Waals surface area contributed by atoms with E-state index in [2.05, 4.69) is 15.1 Å². The molecular formula is C23H25ClN4O3S. The highest BCUT2D eigenvalue weighted by atomic mass is 35.5. The molecule has 0 atom stereocenters. The normalized spacial score (nSPS) is 11.7. The summed E-state index contributed by atoms with van der Waals surface area (Å²) in [5.74, 6) is -0.336. The van der Waals surface area contributed by atoms with Gasteiger partial charge in [0.25, 0.3) is 0 Å². The van der Waals surface area contributed by atoms with Gasteiger partial charge in [-0.1, -0.05) is 35.9 Å². The first-order chi connectivity index (χ1) is 15.0. The van der Waals surface area contributed by atoms with E-state index < -0.39 is 10.0 Å². The minimum atomic E-state index is -3.42. The maximum absolute atomic E-state index is 12.5. The number of sulfonamides is 1. The maximum Gasteiger partial charge on any atom is 0.248 e. The van der Waals surface area contributed by atoms with Crippen LogP contribution in [0.3, 0.4) is 0 Å². The molecule has 0 spiro atoms. The molecule has 0 aliphatic carbocycles. The number of hydrogen-bond donors (Lipinski definition) is 2. The van der Waals surface area contributed by atoms with E-state index in [1.807, 2.05) is 42.8 Å². The Morgan fingerprint density at radius 3 is 2.56 bits per heavy atom. The van der Waals surface area contributed by atoms with Gasteiger partial charge in [-0.15, -0.1) is 0 Å². The van der Waals surface area contributed by atoms with Gasteiger partial charge in [0, 0.05) is 28.0 Å². The average Bonchev–Trinajstić information content (AvgIpc) is 2.96. The maximum atomic E-state index is 12.5. The lowest BCUT2D eigenvalue weighted by Crippen LogP contribution is -2.12. The number of benzene rings is 2. The summed E-state index contributed by atoms with van der Waals surface area (Å²) in [5.41, 5.74) is 5.19. The molecule has 168 valence electrons. The highest BCUT2D eigenvalue weighted by molar-refractivity contribution is 7.92. The second-order valence-corrected chi connectivity index (χ2v) is 9.72. The largest absolute Gasteiger partial charge is 0.322 e. The molecular weight excluding hydrogens is 448 g/mol. The fourth-order valence-corrected chi connectivity index (χ4v) is 4.06. The van der Waals surface area contributed by atoms with E-state index in [-0.39, 0.29) is 5.91 Å². The fraction of sp³-hybridized carbons (Fsp3) is 0.217. The number of halogens is 1. The third-order valence-electron chi connectivity index (χ3n) is 4.92. The summed E-state index contributed by atoms with van der Waals surface area (Å²) in [6.45, 7) is 6.14. The van der Waals surface area contributed by atoms with Crippen LogP contribution < -0.4 is 10.0 Å². The van der Waals surface area contributed by atoms with Gasteiger partial charge in [-0.25, -0.2) is 8.42 Å². The van der Waals surface area contributed by atoms with Crippen LogP contribution in [0.5, 0.6) is 0 Å². The quantitative estimate of drug-likeness (QED) is 0.494. The number of aromatic nitrogens is 2. The monoisotopic (exact) mass is 472 g/mol. The lowest BCUT2D eigenvalue weighted by Gasteiger charge is -2.10. The minimum absolute atomic E-state index is 0.336. The molecule has 0 radical (unpaired) electrons. The minimum Gasteiger partial charge on any atom is -0.322 e. The van der Waals surface area contributed by atoms with Crippen LogP contribution in [0.1, 0.15) is 28.1 Å². The van der Waals surface area contributed by atoms with E-state index >= 15 is 0 Å². The number of carbonyl (C=O) groups excluding carboxylic acids is 1. The van der Waals surface area contributed by atoms with Crippen molar-refractivity contribution in [3.8, 4) is 0 Å². The lowest BCUT2D eigenvalue weighted by atomic mass is 10.1. The van der Waals surface area contributed by atoms with Crippen LogP contribution >= 0.6 is 11.6 Å². The average molecular weight is 473 g/mol. The second-order valence-electron chi connectivity index (χ2n) is 7.56. The van der Waals surface area contributed by atoms with Crippen LogP contribution in [0, 0.1) is 20.8 Å². The summed E-state index contributed by atoms with van der Waals surface area (Å²) >= 11 is 6.26. The molecule has 0 aliphatic rings. The Labute approximate surface area is 193 Å². The van der Waals surface area contributed by atoms with E-state index in [0.717, 1.165) is 34.3 Å². The van der Waals surface area contributed by atoms with Crippen molar-refractivity contribution in [3.63, 3.8) is 0 Å². The van der Waals surface area contributed by atoms with Crippen molar-refractivity contribution in [2.45, 2.75) is 27.3 Å². The van der Waals surface area contributed by atoms with E-state index in [1.54, 1.807) is 31.2 Å². The molecule has 32 heavy (non-hydrogen) atoms. The van der Waals surface area contributed by atoms with Crippen molar-refractivity contribution in [3.05, 3.63) is 81.6 Å². The molecule has 9 heteroatoms. The van der Waals surface area contributed by atoms with Gasteiger partial charge in [-0.2, -0.15) is 5.10 Å². The third kappa shape index (κ3) is 5.99. The number of amides is 1. The topological polar surface area (TPSA) is 93.1 Å². The molecule has 0 fully saturated rings. The van der Waals surface area contributed by atoms with Gasteiger partial charge in [0.1, 0.15) is 0 Å². The Bertz CT molecular complexity index is 1300. The molecule has 3 aromatic rings. The molecule has 2 aromatic carbocycles. The molecule has 7 nitrogen and oxygen atoms in total. The molecule has 0 aliphatic heterocycles. The van der Waals surface area contributed by atoms with Crippen LogP contribution in [-0.4, -0.2) is 30.4 Å². The van der Waals surface area contributed by atoms with E-state index in [0.29, 0.717) is 22.9 Å². The molecule has 1 aromatic heterocycles. The van der Waals surface area contributed by atoms with E-state index in [9.17, 15) is 13.2 Å². The van der Waals surface area contributed by atoms with Gasteiger partial charge < -0.3 is 5.32 Å². The van der Waals surface area contributed by atoms with Gasteiger partial charge in [0.15, 0.2) is 0 Å². The summed E-state index contributed by atoms with van der Waals surface area (Å²) in [6, 6.07) is 12.6. The molecule has 0 saturated carbocycles. The van der Waals surface area contributed by atoms with Crippen molar-refractivity contribution in [1.29, 1.82) is 0 Å². The van der Waals surface area contributed by atoms with E-state index in [4.69, 9.17) is 11.6 Å². The standard InChI is InChI=1S/C23H25ClN4O3S/c1-15-9-10-19(13-22(15)27-32(4,30)31)25-23(29)12-11-20-16(2)26-28(17(20)3)14-18-7-5-6-8-21(18)24/h5-13,27H,14H2,1-4H3,(H,25,29)/b12-11+. The number of aryl methyl sites for hydroxylation is 2. The summed E-state index contributed by atoms with van der Waals surface area (Å²) < 4.78 is 27.3. The molecule has 3 rings (SSSR count). The van der Waals surface area contributed by atoms with Gasteiger partial charge in [0.05, 0.1) is 24.2 Å². The summed E-state index contributed by atoms with van der Waals surface area (Å²) in [4.78, 5) is 12.5. The number of carbonyl (C=O) groups is 1. The molecule has 2 N–H and O–H groups in total. The first-order valence-electron chi connectivity index (χ1n) is 9.88. The summed E-state index contributed by atoms with van der Waals surface area (Å²) in [7, 11) is -3.42. The van der Waals surface area contributed by atoms with Gasteiger partial charge in [0.2, 0.25) is 15.9 Å². The number of nitrogens with one attached hydrogen (secondary N) is 2. The Balaban J connectivity index is 1.74. The van der Waals surface area contributed by atoms with Crippen LogP contribution in [-0.2, 0) is 21.4 Å². The van der Waals surface area contributed by atoms with Crippen molar-refractivity contribution in [1.82, 2.24) is 9.78 Å². The molecule has 0 bridgehead atoms. The number of rotatable bonds is 7. The highest BCUT2D eigenvalue weighted by Gasteiger charge is 2.12. The van der Waals surface area contributed by atoms with Crippen molar-refractivity contribution in [2.75, 3.05) is 16.3 Å². The van der Waals surface area contributed by atoms with E-state index in [1.165, 1.54) is 6.08 Å². The molecule has 1 amide bonds. The van der Waals surface area contributed by atoms with Gasteiger partial charge >= 0.3 is 0 Å². The lowest BCUT2D eigenvalue weighted by molar-refractivity contribution is -0.111. The van der Waals surface area contributed by atoms with Crippen molar-refractivity contribution in [2.24, 2.45) is 0 Å². The zero-order valence-electron chi connectivity index (χ0n) is 18.3. The van der Waals surface area contributed by atoms with Crippen LogP contribution in [0.4, 0.5) is 11.4 Å². The van der Waals surface area contributed by atoms with Crippen molar-refractivity contribution < 1.29 is 13.2 Å². The predicted octanol–water partition coefficient (Wildman–Crippen LogP) is 4.53. The Morgan fingerprint density at radius 1 is 1.16 bits per heavy atom. The SMILES string of the molecule is Cc1ccc(NC(=O)/C=C/c2c(C)nn(Cc3ccccc3Cl)c2C)cc1NS(C)(=O)=O. The Morgan fingerprint density at radius 2 is 1.88 bits per heavy atom. The molecule has 0 saturated heterocycles. The smallest absolute Gasteiger partial charge is 0.248 e. The predicted molar refractivity (Wildman–Crippen MR) is 130 cm³/mol. The second kappa shape index (κ2) is 9.58. The Hall–Kier alpha value is -3.10. The number of nitrogens with zero attached hydrogens (tertiary/aromatic N) is 2.